The van der Waals surface area contributed by atoms with Crippen molar-refractivity contribution in [1.29, 1.82) is 0 Å². The third-order valence-electron chi connectivity index (χ3n) is 5.47. The number of aromatic nitrogens is 2. The minimum atomic E-state index is 0.972. The van der Waals surface area contributed by atoms with E-state index in [9.17, 15) is 0 Å². The van der Waals surface area contributed by atoms with Crippen LogP contribution in [0.25, 0.3) is 22.0 Å². The summed E-state index contributed by atoms with van der Waals surface area (Å²) >= 11 is 0. The Balaban J connectivity index is 1.82. The molecule has 4 heteroatoms. The Kier molecular flexibility index (Phi) is 4.60. The van der Waals surface area contributed by atoms with Gasteiger partial charge in [-0.2, -0.15) is 0 Å². The molecular formula is C22H26N4. The first kappa shape index (κ1) is 17.0. The minimum Gasteiger partial charge on any atom is -0.353 e. The molecule has 134 valence electrons. The molecule has 0 aliphatic carbocycles. The lowest BCUT2D eigenvalue weighted by atomic mass is 10.0. The minimum absolute atomic E-state index is 0.972. The molecule has 0 spiro atoms. The topological polar surface area (TPSA) is 32.3 Å². The molecule has 1 aliphatic rings. The third-order valence-corrected chi connectivity index (χ3v) is 5.47. The number of nitrogens with zero attached hydrogens (tertiary/aromatic N) is 4. The number of hydrogen-bond donors (Lipinski definition) is 0. The molecule has 0 N–H and O–H groups in total. The summed E-state index contributed by atoms with van der Waals surface area (Å²) in [6, 6.07) is 15.1. The highest BCUT2D eigenvalue weighted by molar-refractivity contribution is 6.00. The highest BCUT2D eigenvalue weighted by atomic mass is 15.3. The molecule has 0 amide bonds. The summed E-state index contributed by atoms with van der Waals surface area (Å²) in [5.41, 5.74) is 4.70. The summed E-state index contributed by atoms with van der Waals surface area (Å²) in [4.78, 5) is 4.78. The molecule has 4 nitrogen and oxygen atoms in total. The standard InChI is InChI=1S/C22H26N4/c1-16-9-10-18(15-17(16)2)21-19-7-4-5-8-20(19)22(24-23-21)26-12-6-11-25(3)13-14-26/h4-5,7-10,15H,6,11-14H2,1-3H3. The summed E-state index contributed by atoms with van der Waals surface area (Å²) in [6.07, 6.45) is 1.16. The van der Waals surface area contributed by atoms with Crippen molar-refractivity contribution in [3.63, 3.8) is 0 Å². The predicted octanol–water partition coefficient (Wildman–Crippen LogP) is 4.06. The van der Waals surface area contributed by atoms with Gasteiger partial charge in [0.2, 0.25) is 0 Å². The van der Waals surface area contributed by atoms with Crippen LogP contribution in [-0.2, 0) is 0 Å². The van der Waals surface area contributed by atoms with Crippen molar-refractivity contribution in [1.82, 2.24) is 15.1 Å². The Morgan fingerprint density at radius 3 is 2.42 bits per heavy atom. The van der Waals surface area contributed by atoms with E-state index in [1.807, 2.05) is 0 Å². The van der Waals surface area contributed by atoms with Gasteiger partial charge in [0.1, 0.15) is 5.69 Å². The molecule has 2 heterocycles. The maximum Gasteiger partial charge on any atom is 0.159 e. The Morgan fingerprint density at radius 1 is 0.808 bits per heavy atom. The summed E-state index contributed by atoms with van der Waals surface area (Å²) in [6.45, 7) is 8.53. The van der Waals surface area contributed by atoms with Gasteiger partial charge in [-0.1, -0.05) is 36.4 Å². The second-order valence-electron chi connectivity index (χ2n) is 7.36. The van der Waals surface area contributed by atoms with E-state index in [4.69, 9.17) is 0 Å². The van der Waals surface area contributed by atoms with E-state index in [0.29, 0.717) is 0 Å². The first-order valence-corrected chi connectivity index (χ1v) is 9.40. The predicted molar refractivity (Wildman–Crippen MR) is 109 cm³/mol. The van der Waals surface area contributed by atoms with Gasteiger partial charge < -0.3 is 9.80 Å². The quantitative estimate of drug-likeness (QED) is 0.700. The van der Waals surface area contributed by atoms with Gasteiger partial charge in [-0.05, 0) is 51.1 Å². The van der Waals surface area contributed by atoms with Crippen LogP contribution in [0.15, 0.2) is 42.5 Å². The van der Waals surface area contributed by atoms with E-state index in [2.05, 4.69) is 83.4 Å². The largest absolute Gasteiger partial charge is 0.353 e. The van der Waals surface area contributed by atoms with Crippen molar-refractivity contribution in [3.8, 4) is 11.3 Å². The molecular weight excluding hydrogens is 320 g/mol. The lowest BCUT2D eigenvalue weighted by Gasteiger charge is -2.23. The molecule has 3 aromatic rings. The zero-order valence-electron chi connectivity index (χ0n) is 15.9. The molecule has 4 rings (SSSR count). The Bertz CT molecular complexity index is 935. The van der Waals surface area contributed by atoms with E-state index in [-0.39, 0.29) is 0 Å². The summed E-state index contributed by atoms with van der Waals surface area (Å²) in [5, 5.41) is 11.7. The van der Waals surface area contributed by atoms with Crippen molar-refractivity contribution in [2.24, 2.45) is 0 Å². The van der Waals surface area contributed by atoms with E-state index >= 15 is 0 Å². The van der Waals surface area contributed by atoms with Gasteiger partial charge in [0.05, 0.1) is 0 Å². The van der Waals surface area contributed by atoms with Gasteiger partial charge in [-0.3, -0.25) is 0 Å². The van der Waals surface area contributed by atoms with E-state index in [1.165, 1.54) is 21.9 Å². The number of benzene rings is 2. The number of fused-ring (bicyclic) bond motifs is 1. The second-order valence-corrected chi connectivity index (χ2v) is 7.36. The van der Waals surface area contributed by atoms with Crippen molar-refractivity contribution >= 4 is 16.6 Å². The maximum atomic E-state index is 4.68. The molecule has 1 aliphatic heterocycles. The van der Waals surface area contributed by atoms with Crippen LogP contribution < -0.4 is 4.90 Å². The van der Waals surface area contributed by atoms with Crippen LogP contribution in [0, 0.1) is 13.8 Å². The maximum absolute atomic E-state index is 4.68. The fourth-order valence-electron chi connectivity index (χ4n) is 3.68. The van der Waals surface area contributed by atoms with Crippen LogP contribution in [-0.4, -0.2) is 48.3 Å². The highest BCUT2D eigenvalue weighted by Gasteiger charge is 2.18. The van der Waals surface area contributed by atoms with Gasteiger partial charge in [-0.25, -0.2) is 0 Å². The van der Waals surface area contributed by atoms with Gasteiger partial charge in [0.15, 0.2) is 5.82 Å². The van der Waals surface area contributed by atoms with Crippen LogP contribution in [0.5, 0.6) is 0 Å². The number of rotatable bonds is 2. The summed E-state index contributed by atoms with van der Waals surface area (Å²) in [5.74, 6) is 1.02. The molecule has 0 atom stereocenters. The smallest absolute Gasteiger partial charge is 0.159 e. The lowest BCUT2D eigenvalue weighted by molar-refractivity contribution is 0.360. The van der Waals surface area contributed by atoms with Crippen molar-refractivity contribution in [3.05, 3.63) is 53.6 Å². The zero-order valence-corrected chi connectivity index (χ0v) is 15.9. The van der Waals surface area contributed by atoms with Gasteiger partial charge in [0, 0.05) is 36.0 Å². The fourth-order valence-corrected chi connectivity index (χ4v) is 3.68. The van der Waals surface area contributed by atoms with E-state index < -0.39 is 0 Å². The van der Waals surface area contributed by atoms with E-state index in [1.54, 1.807) is 0 Å². The molecule has 1 fully saturated rings. The molecule has 2 aromatic carbocycles. The van der Waals surface area contributed by atoms with Gasteiger partial charge in [-0.15, -0.1) is 10.2 Å². The summed E-state index contributed by atoms with van der Waals surface area (Å²) in [7, 11) is 2.19. The Hall–Kier alpha value is -2.46. The number of likely N-dealkylation sites (N-methyl/N-ethyl adjacent to an activating group) is 1. The van der Waals surface area contributed by atoms with Crippen LogP contribution >= 0.6 is 0 Å². The first-order valence-electron chi connectivity index (χ1n) is 9.40. The fraction of sp³-hybridized carbons (Fsp3) is 0.364. The van der Waals surface area contributed by atoms with E-state index in [0.717, 1.165) is 49.7 Å². The third kappa shape index (κ3) is 3.17. The number of anilines is 1. The first-order chi connectivity index (χ1) is 12.6. The average molecular weight is 346 g/mol. The molecule has 0 saturated carbocycles. The average Bonchev–Trinajstić information content (AvgIpc) is 2.88. The van der Waals surface area contributed by atoms with Crippen LogP contribution in [0.4, 0.5) is 5.82 Å². The monoisotopic (exact) mass is 346 g/mol. The Labute approximate surface area is 155 Å². The molecule has 26 heavy (non-hydrogen) atoms. The summed E-state index contributed by atoms with van der Waals surface area (Å²) < 4.78 is 0. The zero-order chi connectivity index (χ0) is 18.1. The molecule has 0 unspecified atom stereocenters. The van der Waals surface area contributed by atoms with Gasteiger partial charge in [0.25, 0.3) is 0 Å². The molecule has 0 radical (unpaired) electrons. The van der Waals surface area contributed by atoms with Crippen molar-refractivity contribution in [2.45, 2.75) is 20.3 Å². The van der Waals surface area contributed by atoms with Crippen LogP contribution in [0.1, 0.15) is 17.5 Å². The lowest BCUT2D eigenvalue weighted by Crippen LogP contribution is -2.29. The molecule has 0 bridgehead atoms. The van der Waals surface area contributed by atoms with Gasteiger partial charge >= 0.3 is 0 Å². The Morgan fingerprint density at radius 2 is 1.62 bits per heavy atom. The SMILES string of the molecule is Cc1ccc(-c2nnc(N3CCCN(C)CC3)c3ccccc23)cc1C. The van der Waals surface area contributed by atoms with Crippen molar-refractivity contribution in [2.75, 3.05) is 38.1 Å². The van der Waals surface area contributed by atoms with Crippen molar-refractivity contribution < 1.29 is 0 Å². The van der Waals surface area contributed by atoms with Crippen LogP contribution in [0.2, 0.25) is 0 Å². The van der Waals surface area contributed by atoms with Crippen LogP contribution in [0.3, 0.4) is 0 Å². The highest BCUT2D eigenvalue weighted by Crippen LogP contribution is 2.32. The molecule has 1 saturated heterocycles. The second kappa shape index (κ2) is 7.04. The number of aryl methyl sites for hydroxylation is 2. The number of hydrogen-bond acceptors (Lipinski definition) is 4. The molecule has 1 aromatic heterocycles. The normalized spacial score (nSPS) is 16.0.